The molecule has 0 atom stereocenters. The van der Waals surface area contributed by atoms with Crippen LogP contribution in [0.1, 0.15) is 0 Å². The lowest BCUT2D eigenvalue weighted by Crippen LogP contribution is -1.95. The summed E-state index contributed by atoms with van der Waals surface area (Å²) in [4.78, 5) is 11.5. The number of benzene rings is 1. The average Bonchev–Trinajstić information content (AvgIpc) is 2.76. The van der Waals surface area contributed by atoms with Gasteiger partial charge in [0.05, 0.1) is 17.7 Å². The van der Waals surface area contributed by atoms with E-state index in [2.05, 4.69) is 15.0 Å². The van der Waals surface area contributed by atoms with Gasteiger partial charge in [0.2, 0.25) is 0 Å². The van der Waals surface area contributed by atoms with Gasteiger partial charge >= 0.3 is 0 Å². The van der Waals surface area contributed by atoms with Crippen molar-refractivity contribution in [3.63, 3.8) is 0 Å². The lowest BCUT2D eigenvalue weighted by molar-refractivity contribution is 1.16. The summed E-state index contributed by atoms with van der Waals surface area (Å²) >= 11 is 0. The molecule has 1 aromatic carbocycles. The van der Waals surface area contributed by atoms with Crippen LogP contribution in [0, 0.1) is 0 Å². The summed E-state index contributed by atoms with van der Waals surface area (Å²) < 4.78 is 0. The standard InChI is InChI=1S/C12H10N4.ClH/c13-12-11-10(14-7-15-12)6-9(16-11)8-4-2-1-3-5-8;/h1-7H,13H2,(H,14,15);1H. The Kier molecular flexibility index (Phi) is 2.97. The summed E-state index contributed by atoms with van der Waals surface area (Å²) in [5.41, 5.74) is 9.37. The first-order valence-electron chi connectivity index (χ1n) is 4.99. The monoisotopic (exact) mass is 246 g/mol. The maximum Gasteiger partial charge on any atom is 0.153 e. The summed E-state index contributed by atoms with van der Waals surface area (Å²) in [7, 11) is 0. The number of nitrogens with zero attached hydrogens (tertiary/aromatic N) is 2. The number of rotatable bonds is 1. The molecule has 0 aliphatic carbocycles. The molecule has 0 saturated carbocycles. The number of anilines is 1. The molecule has 0 spiro atoms. The third kappa shape index (κ3) is 1.94. The van der Waals surface area contributed by atoms with Crippen LogP contribution in [0.5, 0.6) is 0 Å². The van der Waals surface area contributed by atoms with Crippen molar-refractivity contribution in [3.8, 4) is 22.6 Å². The van der Waals surface area contributed by atoms with Crippen LogP contribution in [0.25, 0.3) is 22.6 Å². The van der Waals surface area contributed by atoms with Crippen molar-refractivity contribution < 1.29 is 0 Å². The van der Waals surface area contributed by atoms with E-state index in [-0.39, 0.29) is 12.4 Å². The molecule has 5 heteroatoms. The van der Waals surface area contributed by atoms with E-state index in [1.165, 1.54) is 0 Å². The highest BCUT2D eigenvalue weighted by Gasteiger charge is 2.13. The molecular formula is C12H11ClN4. The normalized spacial score (nSPS) is 10.1. The number of aromatic amines is 1. The molecule has 86 valence electrons. The van der Waals surface area contributed by atoms with E-state index in [1.54, 1.807) is 6.33 Å². The summed E-state index contributed by atoms with van der Waals surface area (Å²) in [6.07, 6.45) is 1.58. The van der Waals surface area contributed by atoms with Crippen molar-refractivity contribution in [1.82, 2.24) is 15.0 Å². The predicted molar refractivity (Wildman–Crippen MR) is 70.1 cm³/mol. The number of hydrogen-bond donors (Lipinski definition) is 2. The van der Waals surface area contributed by atoms with E-state index in [0.29, 0.717) is 5.82 Å². The summed E-state index contributed by atoms with van der Waals surface area (Å²) in [6, 6.07) is 12.0. The van der Waals surface area contributed by atoms with Gasteiger partial charge in [0.1, 0.15) is 5.69 Å². The SMILES string of the molecule is Cl.Nc1nc[nH]c2cc(-c3ccccc3)nc1-2. The van der Waals surface area contributed by atoms with Crippen LogP contribution in [-0.4, -0.2) is 15.0 Å². The first kappa shape index (κ1) is 11.4. The zero-order chi connectivity index (χ0) is 11.0. The Bertz CT molecular complexity index is 591. The van der Waals surface area contributed by atoms with Crippen LogP contribution in [-0.2, 0) is 0 Å². The topological polar surface area (TPSA) is 67.6 Å². The van der Waals surface area contributed by atoms with Gasteiger partial charge in [0.25, 0.3) is 0 Å². The lowest BCUT2D eigenvalue weighted by Gasteiger charge is -1.97. The Morgan fingerprint density at radius 1 is 1.12 bits per heavy atom. The van der Waals surface area contributed by atoms with Crippen LogP contribution in [0.3, 0.4) is 0 Å². The third-order valence-corrected chi connectivity index (χ3v) is 2.50. The van der Waals surface area contributed by atoms with E-state index < -0.39 is 0 Å². The number of nitrogens with two attached hydrogens (primary N) is 1. The van der Waals surface area contributed by atoms with Crippen LogP contribution >= 0.6 is 12.4 Å². The summed E-state index contributed by atoms with van der Waals surface area (Å²) in [5.74, 6) is 0.455. The van der Waals surface area contributed by atoms with E-state index in [9.17, 15) is 0 Å². The number of aromatic nitrogens is 3. The number of nitrogen functional groups attached to an aromatic ring is 1. The predicted octanol–water partition coefficient (Wildman–Crippen LogP) is 2.58. The second kappa shape index (κ2) is 4.43. The molecule has 2 aliphatic rings. The molecule has 0 amide bonds. The van der Waals surface area contributed by atoms with Crippen LogP contribution in [0.2, 0.25) is 0 Å². The van der Waals surface area contributed by atoms with Crippen molar-refractivity contribution in [2.75, 3.05) is 5.73 Å². The zero-order valence-electron chi connectivity index (χ0n) is 8.92. The first-order valence-corrected chi connectivity index (χ1v) is 4.99. The smallest absolute Gasteiger partial charge is 0.153 e. The molecule has 0 fully saturated rings. The van der Waals surface area contributed by atoms with E-state index in [1.807, 2.05) is 36.4 Å². The number of halogens is 1. The first-order chi connectivity index (χ1) is 7.84. The molecule has 0 bridgehead atoms. The van der Waals surface area contributed by atoms with Crippen molar-refractivity contribution >= 4 is 18.2 Å². The molecule has 0 aromatic heterocycles. The molecule has 0 radical (unpaired) electrons. The molecule has 2 aliphatic heterocycles. The van der Waals surface area contributed by atoms with E-state index >= 15 is 0 Å². The Labute approximate surface area is 105 Å². The highest BCUT2D eigenvalue weighted by molar-refractivity contribution is 5.85. The lowest BCUT2D eigenvalue weighted by atomic mass is 10.1. The fourth-order valence-electron chi connectivity index (χ4n) is 1.71. The molecule has 4 nitrogen and oxygen atoms in total. The largest absolute Gasteiger partial charge is 0.382 e. The highest BCUT2D eigenvalue weighted by atomic mass is 35.5. The van der Waals surface area contributed by atoms with E-state index in [4.69, 9.17) is 5.73 Å². The van der Waals surface area contributed by atoms with Gasteiger partial charge in [0, 0.05) is 5.56 Å². The quantitative estimate of drug-likeness (QED) is 0.694. The zero-order valence-corrected chi connectivity index (χ0v) is 9.74. The molecule has 17 heavy (non-hydrogen) atoms. The second-order valence-corrected chi connectivity index (χ2v) is 3.56. The van der Waals surface area contributed by atoms with E-state index in [0.717, 1.165) is 22.6 Å². The summed E-state index contributed by atoms with van der Waals surface area (Å²) in [5, 5.41) is 0. The fraction of sp³-hybridized carbons (Fsp3) is 0. The molecule has 3 N–H and O–H groups in total. The van der Waals surface area contributed by atoms with Crippen molar-refractivity contribution in [1.29, 1.82) is 0 Å². The molecular weight excluding hydrogens is 236 g/mol. The molecule has 2 heterocycles. The summed E-state index contributed by atoms with van der Waals surface area (Å²) in [6.45, 7) is 0. The van der Waals surface area contributed by atoms with Gasteiger partial charge in [-0.25, -0.2) is 9.97 Å². The van der Waals surface area contributed by atoms with Gasteiger partial charge in [-0.3, -0.25) is 0 Å². The fourth-order valence-corrected chi connectivity index (χ4v) is 1.71. The van der Waals surface area contributed by atoms with Gasteiger partial charge < -0.3 is 10.7 Å². The van der Waals surface area contributed by atoms with Gasteiger partial charge in [-0.1, -0.05) is 30.3 Å². The Morgan fingerprint density at radius 2 is 1.88 bits per heavy atom. The minimum absolute atomic E-state index is 0. The van der Waals surface area contributed by atoms with Crippen LogP contribution in [0.4, 0.5) is 5.82 Å². The Balaban J connectivity index is 0.00000108. The van der Waals surface area contributed by atoms with Crippen molar-refractivity contribution in [2.24, 2.45) is 0 Å². The van der Waals surface area contributed by atoms with Crippen LogP contribution < -0.4 is 5.73 Å². The number of hydrogen-bond acceptors (Lipinski definition) is 3. The average molecular weight is 247 g/mol. The van der Waals surface area contributed by atoms with Crippen LogP contribution in [0.15, 0.2) is 42.7 Å². The molecule has 3 rings (SSSR count). The van der Waals surface area contributed by atoms with Crippen molar-refractivity contribution in [2.45, 2.75) is 0 Å². The number of H-pyrrole nitrogens is 1. The number of nitrogens with one attached hydrogen (secondary N) is 1. The highest BCUT2D eigenvalue weighted by Crippen LogP contribution is 2.29. The minimum Gasteiger partial charge on any atom is -0.382 e. The van der Waals surface area contributed by atoms with Gasteiger partial charge in [0.15, 0.2) is 5.82 Å². The van der Waals surface area contributed by atoms with Gasteiger partial charge in [-0.15, -0.1) is 12.4 Å². The Hall–Kier alpha value is -2.07. The number of fused-ring (bicyclic) bond motifs is 1. The Morgan fingerprint density at radius 3 is 2.59 bits per heavy atom. The maximum absolute atomic E-state index is 5.75. The molecule has 0 saturated heterocycles. The molecule has 1 aromatic rings. The maximum atomic E-state index is 5.75. The molecule has 0 unspecified atom stereocenters. The second-order valence-electron chi connectivity index (χ2n) is 3.56. The minimum atomic E-state index is 0. The third-order valence-electron chi connectivity index (χ3n) is 2.50. The van der Waals surface area contributed by atoms with Gasteiger partial charge in [-0.05, 0) is 6.07 Å². The van der Waals surface area contributed by atoms with Crippen molar-refractivity contribution in [3.05, 3.63) is 42.7 Å². The van der Waals surface area contributed by atoms with Gasteiger partial charge in [-0.2, -0.15) is 0 Å².